The van der Waals surface area contributed by atoms with Gasteiger partial charge in [-0.2, -0.15) is 13.2 Å². The van der Waals surface area contributed by atoms with Crippen LogP contribution in [0, 0.1) is 11.8 Å². The minimum Gasteiger partial charge on any atom is -0.495 e. The molecule has 3 aromatic rings. The van der Waals surface area contributed by atoms with E-state index in [-0.39, 0.29) is 23.8 Å². The van der Waals surface area contributed by atoms with Gasteiger partial charge in [0, 0.05) is 43.9 Å². The van der Waals surface area contributed by atoms with Crippen molar-refractivity contribution in [2.45, 2.75) is 31.6 Å². The molecule has 40 heavy (non-hydrogen) atoms. The summed E-state index contributed by atoms with van der Waals surface area (Å²) in [5.74, 6) is 5.03. The molecule has 11 heteroatoms. The van der Waals surface area contributed by atoms with Crippen LogP contribution in [-0.4, -0.2) is 79.8 Å². The maximum absolute atomic E-state index is 13.5. The molecule has 1 saturated heterocycles. The van der Waals surface area contributed by atoms with E-state index in [1.807, 2.05) is 6.07 Å². The van der Waals surface area contributed by atoms with Crippen molar-refractivity contribution in [2.24, 2.45) is 0 Å². The zero-order chi connectivity index (χ0) is 28.7. The van der Waals surface area contributed by atoms with Gasteiger partial charge in [-0.25, -0.2) is 4.79 Å². The molecule has 1 aliphatic rings. The number of anilines is 2. The molecular formula is C29H33F3N4O4. The lowest BCUT2D eigenvalue weighted by atomic mass is 10.0. The fourth-order valence-corrected chi connectivity index (χ4v) is 4.85. The first-order valence-corrected chi connectivity index (χ1v) is 13.0. The SMILES string of the molecule is COCCN1CCC(Nc2cccc3c2cc(C#CCNc2ccc(C(=O)O)cc2OC)n3CC(F)(F)F)CC1. The lowest BCUT2D eigenvalue weighted by molar-refractivity contribution is -0.140. The van der Waals surface area contributed by atoms with Gasteiger partial charge in [-0.1, -0.05) is 12.0 Å². The monoisotopic (exact) mass is 558 g/mol. The number of hydrogen-bond donors (Lipinski definition) is 3. The van der Waals surface area contributed by atoms with Crippen LogP contribution in [0.3, 0.4) is 0 Å². The molecule has 0 radical (unpaired) electrons. The number of carboxylic acids is 1. The molecule has 4 rings (SSSR count). The standard InChI is InChI=1S/C29H33F3N4O4/c1-39-16-15-35-13-10-21(11-14-35)34-24-6-3-7-26-23(24)18-22(36(26)19-29(30,31)32)5-4-12-33-25-9-8-20(28(37)38)17-27(25)40-2/h3,6-9,17-18,21,33-34H,10-16,19H2,1-2H3,(H,37,38). The largest absolute Gasteiger partial charge is 0.495 e. The van der Waals surface area contributed by atoms with Crippen LogP contribution in [0.1, 0.15) is 28.9 Å². The molecule has 2 aromatic carbocycles. The number of alkyl halides is 3. The Kier molecular flexibility index (Phi) is 9.45. The molecule has 8 nitrogen and oxygen atoms in total. The Labute approximate surface area is 231 Å². The van der Waals surface area contributed by atoms with Crippen LogP contribution in [0.15, 0.2) is 42.5 Å². The smallest absolute Gasteiger partial charge is 0.406 e. The minimum absolute atomic E-state index is 0.0752. The second kappa shape index (κ2) is 13.0. The Balaban J connectivity index is 1.53. The Morgan fingerprint density at radius 3 is 2.58 bits per heavy atom. The van der Waals surface area contributed by atoms with Crippen LogP contribution in [0.5, 0.6) is 5.75 Å². The number of nitrogens with zero attached hydrogens (tertiary/aromatic N) is 2. The Morgan fingerprint density at radius 1 is 1.12 bits per heavy atom. The zero-order valence-corrected chi connectivity index (χ0v) is 22.5. The van der Waals surface area contributed by atoms with Crippen molar-refractivity contribution in [1.29, 1.82) is 0 Å². The summed E-state index contributed by atoms with van der Waals surface area (Å²) in [6.07, 6.45) is -2.56. The number of piperidine rings is 1. The van der Waals surface area contributed by atoms with Gasteiger partial charge in [0.1, 0.15) is 12.3 Å². The number of benzene rings is 2. The molecule has 0 amide bonds. The summed E-state index contributed by atoms with van der Waals surface area (Å²) in [4.78, 5) is 13.5. The van der Waals surface area contributed by atoms with Crippen LogP contribution in [0.25, 0.3) is 10.9 Å². The summed E-state index contributed by atoms with van der Waals surface area (Å²) in [6, 6.07) is 11.6. The van der Waals surface area contributed by atoms with Gasteiger partial charge in [-0.05, 0) is 55.2 Å². The highest BCUT2D eigenvalue weighted by Gasteiger charge is 2.30. The van der Waals surface area contributed by atoms with Gasteiger partial charge < -0.3 is 34.7 Å². The van der Waals surface area contributed by atoms with Gasteiger partial charge in [0.05, 0.1) is 42.7 Å². The molecular weight excluding hydrogens is 525 g/mol. The fraction of sp³-hybridized carbons (Fsp3) is 0.414. The topological polar surface area (TPSA) is 88.0 Å². The van der Waals surface area contributed by atoms with E-state index in [1.165, 1.54) is 23.8 Å². The maximum Gasteiger partial charge on any atom is 0.406 e. The first kappa shape index (κ1) is 29.1. The average molecular weight is 559 g/mol. The van der Waals surface area contributed by atoms with Crippen molar-refractivity contribution in [3.05, 3.63) is 53.7 Å². The van der Waals surface area contributed by atoms with E-state index in [2.05, 4.69) is 27.4 Å². The number of carboxylic acid groups (broad SMARTS) is 1. The highest BCUT2D eigenvalue weighted by molar-refractivity contribution is 5.94. The van der Waals surface area contributed by atoms with Crippen molar-refractivity contribution in [2.75, 3.05) is 57.6 Å². The first-order chi connectivity index (χ1) is 19.2. The van der Waals surface area contributed by atoms with Crippen LogP contribution < -0.4 is 15.4 Å². The second-order valence-electron chi connectivity index (χ2n) is 9.60. The molecule has 1 aliphatic heterocycles. The number of hydrogen-bond acceptors (Lipinski definition) is 6. The average Bonchev–Trinajstić information content (AvgIpc) is 3.27. The number of aromatic nitrogens is 1. The number of nitrogens with one attached hydrogen (secondary N) is 2. The number of fused-ring (bicyclic) bond motifs is 1. The number of rotatable bonds is 10. The number of aromatic carboxylic acids is 1. The van der Waals surface area contributed by atoms with Gasteiger partial charge in [0.2, 0.25) is 0 Å². The van der Waals surface area contributed by atoms with Crippen molar-refractivity contribution < 1.29 is 32.5 Å². The van der Waals surface area contributed by atoms with E-state index in [4.69, 9.17) is 14.6 Å². The maximum atomic E-state index is 13.5. The summed E-state index contributed by atoms with van der Waals surface area (Å²) in [7, 11) is 3.11. The molecule has 0 unspecified atom stereocenters. The minimum atomic E-state index is -4.42. The van der Waals surface area contributed by atoms with Crippen molar-refractivity contribution in [1.82, 2.24) is 9.47 Å². The number of carbonyl (C=O) groups is 1. The van der Waals surface area contributed by atoms with Crippen LogP contribution in [-0.2, 0) is 11.3 Å². The van der Waals surface area contributed by atoms with Gasteiger partial charge >= 0.3 is 12.1 Å². The zero-order valence-electron chi connectivity index (χ0n) is 22.5. The number of methoxy groups -OCH3 is 2. The van der Waals surface area contributed by atoms with Crippen LogP contribution in [0.2, 0.25) is 0 Å². The molecule has 2 heterocycles. The molecule has 0 bridgehead atoms. The third-order valence-corrected chi connectivity index (χ3v) is 6.87. The summed E-state index contributed by atoms with van der Waals surface area (Å²) < 4.78 is 52.2. The first-order valence-electron chi connectivity index (χ1n) is 13.0. The predicted octanol–water partition coefficient (Wildman–Crippen LogP) is 4.90. The lowest BCUT2D eigenvalue weighted by Crippen LogP contribution is -2.40. The van der Waals surface area contributed by atoms with Crippen molar-refractivity contribution >= 4 is 28.2 Å². The molecule has 0 saturated carbocycles. The summed E-state index contributed by atoms with van der Waals surface area (Å²) in [5.41, 5.74) is 2.11. The van der Waals surface area contributed by atoms with Gasteiger partial charge in [-0.15, -0.1) is 0 Å². The highest BCUT2D eigenvalue weighted by atomic mass is 19.4. The van der Waals surface area contributed by atoms with Gasteiger partial charge in [-0.3, -0.25) is 0 Å². The molecule has 0 atom stereocenters. The predicted molar refractivity (Wildman–Crippen MR) is 148 cm³/mol. The van der Waals surface area contributed by atoms with E-state index in [0.29, 0.717) is 28.9 Å². The molecule has 1 aromatic heterocycles. The summed E-state index contributed by atoms with van der Waals surface area (Å²) >= 11 is 0. The fourth-order valence-electron chi connectivity index (χ4n) is 4.85. The molecule has 0 aliphatic carbocycles. The van der Waals surface area contributed by atoms with E-state index in [0.717, 1.165) is 38.2 Å². The molecule has 1 fully saturated rings. The van der Waals surface area contributed by atoms with Gasteiger partial charge in [0.25, 0.3) is 0 Å². The Morgan fingerprint density at radius 2 is 1.90 bits per heavy atom. The quantitative estimate of drug-likeness (QED) is 0.305. The van der Waals surface area contributed by atoms with Crippen LogP contribution in [0.4, 0.5) is 24.5 Å². The van der Waals surface area contributed by atoms with Crippen molar-refractivity contribution in [3.63, 3.8) is 0 Å². The van der Waals surface area contributed by atoms with E-state index in [9.17, 15) is 18.0 Å². The van der Waals surface area contributed by atoms with Crippen molar-refractivity contribution in [3.8, 4) is 17.6 Å². The highest BCUT2D eigenvalue weighted by Crippen LogP contribution is 2.31. The third-order valence-electron chi connectivity index (χ3n) is 6.87. The molecule has 3 N–H and O–H groups in total. The van der Waals surface area contributed by atoms with E-state index < -0.39 is 18.7 Å². The number of halogens is 3. The normalized spacial score (nSPS) is 14.5. The Bertz CT molecular complexity index is 1390. The lowest BCUT2D eigenvalue weighted by Gasteiger charge is -2.32. The van der Waals surface area contributed by atoms with E-state index in [1.54, 1.807) is 31.4 Å². The summed E-state index contributed by atoms with van der Waals surface area (Å²) in [6.45, 7) is 2.40. The summed E-state index contributed by atoms with van der Waals surface area (Å²) in [5, 5.41) is 16.4. The molecule has 214 valence electrons. The number of ether oxygens (including phenoxy) is 2. The van der Waals surface area contributed by atoms with E-state index >= 15 is 0 Å². The van der Waals surface area contributed by atoms with Crippen LogP contribution >= 0.6 is 0 Å². The third kappa shape index (κ3) is 7.40. The Hall–Kier alpha value is -3.88. The van der Waals surface area contributed by atoms with Gasteiger partial charge in [0.15, 0.2) is 0 Å². The number of likely N-dealkylation sites (tertiary alicyclic amines) is 1. The second-order valence-corrected chi connectivity index (χ2v) is 9.60. The molecule has 0 spiro atoms.